The predicted molar refractivity (Wildman–Crippen MR) is 90.2 cm³/mol. The quantitative estimate of drug-likeness (QED) is 0.717. The van der Waals surface area contributed by atoms with Gasteiger partial charge in [-0.2, -0.15) is 0 Å². The third-order valence-corrected chi connectivity index (χ3v) is 3.87. The number of fused-ring (bicyclic) bond motifs is 1. The summed E-state index contributed by atoms with van der Waals surface area (Å²) in [6.45, 7) is 2.71. The number of rotatable bonds is 5. The topological polar surface area (TPSA) is 34.9 Å². The maximum Gasteiger partial charge on any atom is 0.273 e. The van der Waals surface area contributed by atoms with E-state index >= 15 is 0 Å². The number of nitrogens with zero attached hydrogens (tertiary/aromatic N) is 2. The Morgan fingerprint density at radius 3 is 2.50 bits per heavy atom. The van der Waals surface area contributed by atoms with Gasteiger partial charge in [0.25, 0.3) is 5.56 Å². The minimum absolute atomic E-state index is 0.0380. The Hall–Kier alpha value is -2.42. The molecule has 0 fully saturated rings. The van der Waals surface area contributed by atoms with E-state index in [0.717, 1.165) is 35.9 Å². The molecule has 22 heavy (non-hydrogen) atoms. The van der Waals surface area contributed by atoms with Crippen LogP contribution in [0.15, 0.2) is 59.4 Å². The Kier molecular flexibility index (Phi) is 4.33. The van der Waals surface area contributed by atoms with Crippen LogP contribution in [0.1, 0.15) is 31.0 Å². The van der Waals surface area contributed by atoms with Gasteiger partial charge in [0.15, 0.2) is 0 Å². The first kappa shape index (κ1) is 14.5. The molecule has 0 spiro atoms. The van der Waals surface area contributed by atoms with E-state index in [1.54, 1.807) is 0 Å². The zero-order chi connectivity index (χ0) is 15.4. The Morgan fingerprint density at radius 1 is 1.00 bits per heavy atom. The second-order valence-corrected chi connectivity index (χ2v) is 5.53. The minimum atomic E-state index is 0.0380. The molecule has 0 aliphatic rings. The van der Waals surface area contributed by atoms with E-state index in [1.165, 1.54) is 0 Å². The summed E-state index contributed by atoms with van der Waals surface area (Å²) in [5.41, 5.74) is 3.63. The fraction of sp³-hybridized carbons (Fsp3) is 0.263. The van der Waals surface area contributed by atoms with Crippen LogP contribution < -0.4 is 5.56 Å². The average molecular weight is 292 g/mol. The maximum absolute atomic E-state index is 12.8. The first-order valence-electron chi connectivity index (χ1n) is 7.82. The van der Waals surface area contributed by atoms with E-state index in [4.69, 9.17) is 0 Å². The van der Waals surface area contributed by atoms with Crippen LogP contribution >= 0.6 is 0 Å². The van der Waals surface area contributed by atoms with E-state index in [-0.39, 0.29) is 5.56 Å². The fourth-order valence-electron chi connectivity index (χ4n) is 2.68. The van der Waals surface area contributed by atoms with E-state index in [2.05, 4.69) is 11.9 Å². The third-order valence-electron chi connectivity index (χ3n) is 3.87. The third kappa shape index (κ3) is 2.93. The van der Waals surface area contributed by atoms with Crippen molar-refractivity contribution in [3.05, 3.63) is 76.2 Å². The predicted octanol–water partition coefficient (Wildman–Crippen LogP) is 3.79. The summed E-state index contributed by atoms with van der Waals surface area (Å²) in [6, 6.07) is 18.0. The second-order valence-electron chi connectivity index (χ2n) is 5.53. The van der Waals surface area contributed by atoms with Crippen molar-refractivity contribution in [1.29, 1.82) is 0 Å². The number of aromatic nitrogens is 2. The monoisotopic (exact) mass is 292 g/mol. The summed E-state index contributed by atoms with van der Waals surface area (Å²) in [7, 11) is 0. The zero-order valence-electron chi connectivity index (χ0n) is 12.8. The molecule has 0 saturated carbocycles. The molecule has 3 rings (SSSR count). The maximum atomic E-state index is 12.8. The van der Waals surface area contributed by atoms with Gasteiger partial charge in [-0.15, -0.1) is 0 Å². The van der Waals surface area contributed by atoms with Crippen molar-refractivity contribution in [1.82, 2.24) is 9.55 Å². The molecule has 0 atom stereocenters. The molecule has 0 bridgehead atoms. The highest BCUT2D eigenvalue weighted by Gasteiger charge is 2.10. The fourth-order valence-corrected chi connectivity index (χ4v) is 2.68. The van der Waals surface area contributed by atoms with E-state index < -0.39 is 0 Å². The molecule has 0 aliphatic heterocycles. The lowest BCUT2D eigenvalue weighted by Crippen LogP contribution is -2.26. The van der Waals surface area contributed by atoms with E-state index in [9.17, 15) is 4.79 Å². The van der Waals surface area contributed by atoms with Crippen molar-refractivity contribution in [2.75, 3.05) is 0 Å². The lowest BCUT2D eigenvalue weighted by atomic mass is 10.1. The van der Waals surface area contributed by atoms with Crippen molar-refractivity contribution >= 4 is 11.0 Å². The van der Waals surface area contributed by atoms with Crippen molar-refractivity contribution in [2.45, 2.75) is 32.7 Å². The molecule has 2 aromatic carbocycles. The summed E-state index contributed by atoms with van der Waals surface area (Å²) < 4.78 is 1.85. The molecule has 0 saturated heterocycles. The van der Waals surface area contributed by atoms with Crippen molar-refractivity contribution in [2.24, 2.45) is 0 Å². The smallest absolute Gasteiger partial charge is 0.273 e. The van der Waals surface area contributed by atoms with E-state index in [1.807, 2.05) is 59.2 Å². The number of para-hydroxylation sites is 2. The number of benzene rings is 2. The van der Waals surface area contributed by atoms with Gasteiger partial charge in [-0.05, 0) is 30.5 Å². The SMILES string of the molecule is CCCCc1nc2ccccc2n(Cc2ccccc2)c1=O. The number of hydrogen-bond acceptors (Lipinski definition) is 2. The highest BCUT2D eigenvalue weighted by atomic mass is 16.1. The van der Waals surface area contributed by atoms with Crippen molar-refractivity contribution in [3.63, 3.8) is 0 Å². The van der Waals surface area contributed by atoms with Crippen LogP contribution in [0.3, 0.4) is 0 Å². The largest absolute Gasteiger partial charge is 0.301 e. The molecule has 112 valence electrons. The van der Waals surface area contributed by atoms with Gasteiger partial charge in [-0.3, -0.25) is 4.79 Å². The van der Waals surface area contributed by atoms with Crippen molar-refractivity contribution in [3.8, 4) is 0 Å². The number of unbranched alkanes of at least 4 members (excludes halogenated alkanes) is 1. The van der Waals surface area contributed by atoms with Crippen LogP contribution in [0, 0.1) is 0 Å². The lowest BCUT2D eigenvalue weighted by Gasteiger charge is -2.12. The van der Waals surface area contributed by atoms with Crippen LogP contribution in [0.5, 0.6) is 0 Å². The van der Waals surface area contributed by atoms with Gasteiger partial charge in [0.05, 0.1) is 17.6 Å². The highest BCUT2D eigenvalue weighted by molar-refractivity contribution is 5.74. The molecular formula is C19H20N2O. The van der Waals surface area contributed by atoms with Crippen LogP contribution in [0.2, 0.25) is 0 Å². The summed E-state index contributed by atoms with van der Waals surface area (Å²) >= 11 is 0. The molecule has 0 amide bonds. The first-order chi connectivity index (χ1) is 10.8. The van der Waals surface area contributed by atoms with Crippen LogP contribution in [-0.4, -0.2) is 9.55 Å². The summed E-state index contributed by atoms with van der Waals surface area (Å²) in [6.07, 6.45) is 2.80. The van der Waals surface area contributed by atoms with Crippen LogP contribution in [0.25, 0.3) is 11.0 Å². The van der Waals surface area contributed by atoms with Crippen molar-refractivity contribution < 1.29 is 0 Å². The van der Waals surface area contributed by atoms with Crippen LogP contribution in [-0.2, 0) is 13.0 Å². The van der Waals surface area contributed by atoms with Gasteiger partial charge in [-0.25, -0.2) is 4.98 Å². The number of aryl methyl sites for hydroxylation is 1. The second kappa shape index (κ2) is 6.56. The molecule has 0 unspecified atom stereocenters. The van der Waals surface area contributed by atoms with Gasteiger partial charge < -0.3 is 4.57 Å². The van der Waals surface area contributed by atoms with Gasteiger partial charge in [-0.1, -0.05) is 55.8 Å². The molecule has 1 heterocycles. The summed E-state index contributed by atoms with van der Waals surface area (Å²) in [4.78, 5) is 17.4. The molecule has 0 radical (unpaired) electrons. The van der Waals surface area contributed by atoms with Gasteiger partial charge in [0.1, 0.15) is 5.69 Å². The Morgan fingerprint density at radius 2 is 1.73 bits per heavy atom. The van der Waals surface area contributed by atoms with Gasteiger partial charge in [0.2, 0.25) is 0 Å². The lowest BCUT2D eigenvalue weighted by molar-refractivity contribution is 0.725. The minimum Gasteiger partial charge on any atom is -0.301 e. The Labute approximate surface area is 130 Å². The standard InChI is InChI=1S/C19H20N2O/c1-2-3-11-17-19(22)21(14-15-9-5-4-6-10-15)18-13-8-7-12-16(18)20-17/h4-10,12-13H,2-3,11,14H2,1H3. The highest BCUT2D eigenvalue weighted by Crippen LogP contribution is 2.13. The molecule has 1 aromatic heterocycles. The zero-order valence-corrected chi connectivity index (χ0v) is 12.8. The molecule has 3 nitrogen and oxygen atoms in total. The van der Waals surface area contributed by atoms with Gasteiger partial charge in [0, 0.05) is 0 Å². The molecular weight excluding hydrogens is 272 g/mol. The Bertz CT molecular complexity index is 822. The number of hydrogen-bond donors (Lipinski definition) is 0. The molecule has 3 heteroatoms. The normalized spacial score (nSPS) is 11.0. The summed E-state index contributed by atoms with van der Waals surface area (Å²) in [5.74, 6) is 0. The molecule has 3 aromatic rings. The molecule has 0 aliphatic carbocycles. The average Bonchev–Trinajstić information content (AvgIpc) is 2.57. The van der Waals surface area contributed by atoms with Crippen LogP contribution in [0.4, 0.5) is 0 Å². The van der Waals surface area contributed by atoms with E-state index in [0.29, 0.717) is 12.2 Å². The van der Waals surface area contributed by atoms with Gasteiger partial charge >= 0.3 is 0 Å². The Balaban J connectivity index is 2.13. The molecule has 0 N–H and O–H groups in total. The first-order valence-corrected chi connectivity index (χ1v) is 7.82. The summed E-state index contributed by atoms with van der Waals surface area (Å²) in [5, 5.41) is 0.